The van der Waals surface area contributed by atoms with Crippen LogP contribution in [0.3, 0.4) is 0 Å². The van der Waals surface area contributed by atoms with Gasteiger partial charge in [-0.2, -0.15) is 0 Å². The zero-order chi connectivity index (χ0) is 11.4. The van der Waals surface area contributed by atoms with Gasteiger partial charge in [-0.25, -0.2) is 4.98 Å². The molecule has 1 amide bonds. The Bertz CT molecular complexity index is 359. The molecule has 0 unspecified atom stereocenters. The van der Waals surface area contributed by atoms with E-state index in [1.165, 1.54) is 24.6 Å². The topological polar surface area (TPSA) is 42.0 Å². The van der Waals surface area contributed by atoms with E-state index in [0.29, 0.717) is 11.8 Å². The van der Waals surface area contributed by atoms with Crippen molar-refractivity contribution >= 4 is 29.0 Å². The largest absolute Gasteiger partial charge is 0.353 e. The number of rotatable bonds is 4. The van der Waals surface area contributed by atoms with Crippen molar-refractivity contribution in [2.45, 2.75) is 43.0 Å². The summed E-state index contributed by atoms with van der Waals surface area (Å²) in [4.78, 5) is 15.9. The van der Waals surface area contributed by atoms with E-state index in [1.54, 1.807) is 11.3 Å². The number of aryl methyl sites for hydroxylation is 1. The van der Waals surface area contributed by atoms with Gasteiger partial charge in [0.2, 0.25) is 5.91 Å². The van der Waals surface area contributed by atoms with Gasteiger partial charge >= 0.3 is 0 Å². The van der Waals surface area contributed by atoms with Crippen LogP contribution in [0.5, 0.6) is 0 Å². The van der Waals surface area contributed by atoms with E-state index >= 15 is 0 Å². The summed E-state index contributed by atoms with van der Waals surface area (Å²) < 4.78 is 0.985. The number of aromatic nitrogens is 1. The molecule has 0 radical (unpaired) electrons. The molecule has 1 aliphatic rings. The number of thiazole rings is 1. The molecule has 1 aromatic heterocycles. The first-order chi connectivity index (χ1) is 7.74. The normalized spacial score (nSPS) is 16.6. The van der Waals surface area contributed by atoms with Gasteiger partial charge in [-0.05, 0) is 19.8 Å². The molecule has 16 heavy (non-hydrogen) atoms. The number of hydrogen-bond acceptors (Lipinski definition) is 4. The lowest BCUT2D eigenvalue weighted by Gasteiger charge is -2.10. The molecule has 1 aliphatic carbocycles. The van der Waals surface area contributed by atoms with Gasteiger partial charge in [0, 0.05) is 17.1 Å². The Morgan fingerprint density at radius 1 is 1.62 bits per heavy atom. The van der Waals surface area contributed by atoms with Crippen molar-refractivity contribution in [2.24, 2.45) is 0 Å². The minimum Gasteiger partial charge on any atom is -0.353 e. The van der Waals surface area contributed by atoms with Crippen molar-refractivity contribution in [3.05, 3.63) is 11.1 Å². The first-order valence-electron chi connectivity index (χ1n) is 5.58. The minimum atomic E-state index is 0.143. The summed E-state index contributed by atoms with van der Waals surface area (Å²) in [6.07, 6.45) is 4.80. The van der Waals surface area contributed by atoms with Crippen molar-refractivity contribution in [3.63, 3.8) is 0 Å². The highest BCUT2D eigenvalue weighted by Gasteiger charge is 2.17. The number of thioether (sulfide) groups is 1. The number of nitrogens with zero attached hydrogens (tertiary/aromatic N) is 1. The molecule has 2 rings (SSSR count). The van der Waals surface area contributed by atoms with Crippen LogP contribution in [0.1, 0.15) is 31.4 Å². The number of carbonyl (C=O) groups is 1. The van der Waals surface area contributed by atoms with Gasteiger partial charge in [0.05, 0.1) is 5.75 Å². The van der Waals surface area contributed by atoms with Crippen LogP contribution in [0, 0.1) is 6.92 Å². The van der Waals surface area contributed by atoms with Gasteiger partial charge in [-0.15, -0.1) is 11.3 Å². The Balaban J connectivity index is 1.71. The standard InChI is InChI=1S/C11H16N2OS2/c1-8-6-15-11(12-8)16-7-10(14)13-9-4-2-3-5-9/h6,9H,2-5,7H2,1H3,(H,13,14). The minimum absolute atomic E-state index is 0.143. The molecule has 0 atom stereocenters. The Hall–Kier alpha value is -0.550. The molecule has 0 saturated heterocycles. The van der Waals surface area contributed by atoms with Gasteiger partial charge in [0.25, 0.3) is 0 Å². The van der Waals surface area contributed by atoms with Crippen molar-refractivity contribution in [1.82, 2.24) is 10.3 Å². The number of carbonyl (C=O) groups excluding carboxylic acids is 1. The number of amides is 1. The van der Waals surface area contributed by atoms with Crippen LogP contribution in [0.2, 0.25) is 0 Å². The number of hydrogen-bond donors (Lipinski definition) is 1. The Morgan fingerprint density at radius 2 is 2.38 bits per heavy atom. The molecule has 1 N–H and O–H groups in total. The third-order valence-corrected chi connectivity index (χ3v) is 4.78. The summed E-state index contributed by atoms with van der Waals surface area (Å²) in [7, 11) is 0. The predicted molar refractivity (Wildman–Crippen MR) is 68.0 cm³/mol. The van der Waals surface area contributed by atoms with Crippen LogP contribution in [-0.2, 0) is 4.79 Å². The second-order valence-corrected chi connectivity index (χ2v) is 6.17. The molecule has 5 heteroatoms. The molecule has 0 bridgehead atoms. The van der Waals surface area contributed by atoms with E-state index in [9.17, 15) is 4.79 Å². The van der Waals surface area contributed by atoms with Crippen LogP contribution < -0.4 is 5.32 Å². The van der Waals surface area contributed by atoms with Gasteiger partial charge in [-0.3, -0.25) is 4.79 Å². The van der Waals surface area contributed by atoms with E-state index in [4.69, 9.17) is 0 Å². The van der Waals surface area contributed by atoms with E-state index in [0.717, 1.165) is 22.9 Å². The van der Waals surface area contributed by atoms with E-state index in [2.05, 4.69) is 10.3 Å². The van der Waals surface area contributed by atoms with Crippen LogP contribution in [0.15, 0.2) is 9.72 Å². The molecule has 1 fully saturated rings. The molecular formula is C11H16N2OS2. The third-order valence-electron chi connectivity index (χ3n) is 2.64. The lowest BCUT2D eigenvalue weighted by atomic mass is 10.2. The van der Waals surface area contributed by atoms with Crippen molar-refractivity contribution in [3.8, 4) is 0 Å². The maximum Gasteiger partial charge on any atom is 0.230 e. The molecule has 0 aliphatic heterocycles. The van der Waals surface area contributed by atoms with Gasteiger partial charge < -0.3 is 5.32 Å². The number of nitrogens with one attached hydrogen (secondary N) is 1. The molecule has 0 spiro atoms. The lowest BCUT2D eigenvalue weighted by Crippen LogP contribution is -2.33. The maximum atomic E-state index is 11.6. The van der Waals surface area contributed by atoms with Gasteiger partial charge in [-0.1, -0.05) is 24.6 Å². The van der Waals surface area contributed by atoms with E-state index in [-0.39, 0.29) is 5.91 Å². The molecular weight excluding hydrogens is 240 g/mol. The summed E-state index contributed by atoms with van der Waals surface area (Å²) in [5.41, 5.74) is 1.03. The zero-order valence-corrected chi connectivity index (χ0v) is 11.0. The molecule has 1 heterocycles. The molecule has 88 valence electrons. The highest BCUT2D eigenvalue weighted by Crippen LogP contribution is 2.22. The monoisotopic (exact) mass is 256 g/mol. The summed E-state index contributed by atoms with van der Waals surface area (Å²) in [6, 6.07) is 0.422. The smallest absolute Gasteiger partial charge is 0.230 e. The van der Waals surface area contributed by atoms with Gasteiger partial charge in [0.15, 0.2) is 4.34 Å². The molecule has 1 saturated carbocycles. The lowest BCUT2D eigenvalue weighted by molar-refractivity contribution is -0.119. The highest BCUT2D eigenvalue weighted by molar-refractivity contribution is 8.01. The fourth-order valence-electron chi connectivity index (χ4n) is 1.87. The predicted octanol–water partition coefficient (Wildman–Crippen LogP) is 2.60. The average Bonchev–Trinajstić information content (AvgIpc) is 2.87. The van der Waals surface area contributed by atoms with Crippen LogP contribution in [0.25, 0.3) is 0 Å². The third kappa shape index (κ3) is 3.49. The first-order valence-corrected chi connectivity index (χ1v) is 7.45. The zero-order valence-electron chi connectivity index (χ0n) is 9.36. The van der Waals surface area contributed by atoms with Crippen molar-refractivity contribution in [2.75, 3.05) is 5.75 Å². The molecule has 3 nitrogen and oxygen atoms in total. The van der Waals surface area contributed by atoms with Crippen LogP contribution in [0.4, 0.5) is 0 Å². The molecule has 0 aromatic carbocycles. The highest BCUT2D eigenvalue weighted by atomic mass is 32.2. The average molecular weight is 256 g/mol. The Morgan fingerprint density at radius 3 is 3.00 bits per heavy atom. The summed E-state index contributed by atoms with van der Waals surface area (Å²) in [5.74, 6) is 0.633. The summed E-state index contributed by atoms with van der Waals surface area (Å²) in [5, 5.41) is 5.08. The Labute approximate surface area is 104 Å². The summed E-state index contributed by atoms with van der Waals surface area (Å²) in [6.45, 7) is 1.97. The second kappa shape index (κ2) is 5.68. The quantitative estimate of drug-likeness (QED) is 0.842. The SMILES string of the molecule is Cc1csc(SCC(=O)NC2CCCC2)n1. The van der Waals surface area contributed by atoms with E-state index in [1.807, 2.05) is 12.3 Å². The van der Waals surface area contributed by atoms with Crippen molar-refractivity contribution in [1.29, 1.82) is 0 Å². The Kier molecular flexibility index (Phi) is 4.23. The van der Waals surface area contributed by atoms with Gasteiger partial charge in [0.1, 0.15) is 0 Å². The fraction of sp³-hybridized carbons (Fsp3) is 0.636. The molecule has 1 aromatic rings. The second-order valence-electron chi connectivity index (χ2n) is 4.09. The maximum absolute atomic E-state index is 11.6. The van der Waals surface area contributed by atoms with Crippen LogP contribution in [-0.4, -0.2) is 22.7 Å². The first kappa shape index (κ1) is 11.9. The summed E-state index contributed by atoms with van der Waals surface area (Å²) >= 11 is 3.13. The fourth-order valence-corrected chi connectivity index (χ4v) is 3.53. The van der Waals surface area contributed by atoms with E-state index < -0.39 is 0 Å². The van der Waals surface area contributed by atoms with Crippen molar-refractivity contribution < 1.29 is 4.79 Å². The van der Waals surface area contributed by atoms with Crippen LogP contribution >= 0.6 is 23.1 Å².